The summed E-state index contributed by atoms with van der Waals surface area (Å²) in [5, 5.41) is 0. The van der Waals surface area contributed by atoms with E-state index in [1.807, 2.05) is 0 Å². The van der Waals surface area contributed by atoms with Gasteiger partial charge in [0.2, 0.25) is 0 Å². The first-order valence-corrected chi connectivity index (χ1v) is 5.71. The lowest BCUT2D eigenvalue weighted by molar-refractivity contribution is 0.350. The Morgan fingerprint density at radius 1 is 1.13 bits per heavy atom. The SMILES string of the molecule is Cc1ccc(C(N)CCC(C)(C)C)cc1. The van der Waals surface area contributed by atoms with Crippen molar-refractivity contribution in [2.24, 2.45) is 11.1 Å². The fraction of sp³-hybridized carbons (Fsp3) is 0.571. The predicted octanol–water partition coefficient (Wildman–Crippen LogP) is 3.82. The van der Waals surface area contributed by atoms with E-state index in [0.29, 0.717) is 5.41 Å². The second-order valence-corrected chi connectivity index (χ2v) is 5.62. The predicted molar refractivity (Wildman–Crippen MR) is 66.8 cm³/mol. The van der Waals surface area contributed by atoms with Crippen LogP contribution in [0.15, 0.2) is 24.3 Å². The average Bonchev–Trinajstić information content (AvgIpc) is 2.14. The molecule has 0 spiro atoms. The van der Waals surface area contributed by atoms with Crippen molar-refractivity contribution in [3.63, 3.8) is 0 Å². The van der Waals surface area contributed by atoms with Crippen molar-refractivity contribution in [1.29, 1.82) is 0 Å². The summed E-state index contributed by atoms with van der Waals surface area (Å²) in [6.45, 7) is 8.88. The van der Waals surface area contributed by atoms with Gasteiger partial charge in [-0.1, -0.05) is 50.6 Å². The molecule has 1 heteroatoms. The van der Waals surface area contributed by atoms with Gasteiger partial charge in [0.15, 0.2) is 0 Å². The quantitative estimate of drug-likeness (QED) is 0.797. The van der Waals surface area contributed by atoms with Crippen LogP contribution in [0, 0.1) is 12.3 Å². The van der Waals surface area contributed by atoms with Gasteiger partial charge >= 0.3 is 0 Å². The molecular formula is C14H23N. The van der Waals surface area contributed by atoms with Crippen molar-refractivity contribution >= 4 is 0 Å². The van der Waals surface area contributed by atoms with Crippen LogP contribution in [0.4, 0.5) is 0 Å². The minimum Gasteiger partial charge on any atom is -0.324 e. The first-order valence-electron chi connectivity index (χ1n) is 5.71. The number of hydrogen-bond acceptors (Lipinski definition) is 1. The van der Waals surface area contributed by atoms with Crippen LogP contribution in [0.1, 0.15) is 50.8 Å². The fourth-order valence-electron chi connectivity index (χ4n) is 1.57. The van der Waals surface area contributed by atoms with E-state index in [9.17, 15) is 0 Å². The fourth-order valence-corrected chi connectivity index (χ4v) is 1.57. The van der Waals surface area contributed by atoms with Gasteiger partial charge in [-0.25, -0.2) is 0 Å². The average molecular weight is 205 g/mol. The Balaban J connectivity index is 2.54. The molecule has 0 bridgehead atoms. The normalized spacial score (nSPS) is 13.9. The third kappa shape index (κ3) is 4.48. The summed E-state index contributed by atoms with van der Waals surface area (Å²) >= 11 is 0. The van der Waals surface area contributed by atoms with Crippen molar-refractivity contribution in [1.82, 2.24) is 0 Å². The highest BCUT2D eigenvalue weighted by Gasteiger charge is 2.13. The molecule has 0 aliphatic rings. The molecule has 1 atom stereocenters. The van der Waals surface area contributed by atoms with Crippen LogP contribution in [0.2, 0.25) is 0 Å². The highest BCUT2D eigenvalue weighted by molar-refractivity contribution is 5.23. The molecule has 84 valence electrons. The maximum atomic E-state index is 6.15. The lowest BCUT2D eigenvalue weighted by Crippen LogP contribution is -2.14. The summed E-state index contributed by atoms with van der Waals surface area (Å²) in [6.07, 6.45) is 2.23. The molecule has 1 rings (SSSR count). The Hall–Kier alpha value is -0.820. The third-order valence-electron chi connectivity index (χ3n) is 2.71. The molecule has 0 aliphatic carbocycles. The van der Waals surface area contributed by atoms with Crippen LogP contribution in [0.5, 0.6) is 0 Å². The van der Waals surface area contributed by atoms with Crippen LogP contribution >= 0.6 is 0 Å². The summed E-state index contributed by atoms with van der Waals surface area (Å²) in [7, 11) is 0. The molecule has 0 heterocycles. The maximum absolute atomic E-state index is 6.15. The molecule has 0 saturated carbocycles. The van der Waals surface area contributed by atoms with Crippen molar-refractivity contribution < 1.29 is 0 Å². The van der Waals surface area contributed by atoms with Crippen LogP contribution in [-0.4, -0.2) is 0 Å². The Kier molecular flexibility index (Phi) is 3.92. The van der Waals surface area contributed by atoms with Crippen molar-refractivity contribution in [3.05, 3.63) is 35.4 Å². The highest BCUT2D eigenvalue weighted by Crippen LogP contribution is 2.26. The molecule has 2 N–H and O–H groups in total. The Morgan fingerprint density at radius 2 is 1.67 bits per heavy atom. The summed E-state index contributed by atoms with van der Waals surface area (Å²) in [5.41, 5.74) is 9.08. The van der Waals surface area contributed by atoms with E-state index in [1.54, 1.807) is 0 Å². The van der Waals surface area contributed by atoms with E-state index in [4.69, 9.17) is 5.73 Å². The summed E-state index contributed by atoms with van der Waals surface area (Å²) in [6, 6.07) is 8.73. The molecule has 1 aromatic carbocycles. The molecule has 0 saturated heterocycles. The maximum Gasteiger partial charge on any atom is 0.0295 e. The van der Waals surface area contributed by atoms with Crippen molar-refractivity contribution in [2.75, 3.05) is 0 Å². The van der Waals surface area contributed by atoms with Gasteiger partial charge in [-0.3, -0.25) is 0 Å². The van der Waals surface area contributed by atoms with Gasteiger partial charge in [-0.2, -0.15) is 0 Å². The van der Waals surface area contributed by atoms with Crippen LogP contribution < -0.4 is 5.73 Å². The standard InChI is InChI=1S/C14H23N/c1-11-5-7-12(8-6-11)13(15)9-10-14(2,3)4/h5-8,13H,9-10,15H2,1-4H3. The molecule has 15 heavy (non-hydrogen) atoms. The number of nitrogens with two attached hydrogens (primary N) is 1. The second-order valence-electron chi connectivity index (χ2n) is 5.62. The third-order valence-corrected chi connectivity index (χ3v) is 2.71. The molecule has 0 aromatic heterocycles. The van der Waals surface area contributed by atoms with E-state index in [0.717, 1.165) is 6.42 Å². The number of benzene rings is 1. The lowest BCUT2D eigenvalue weighted by atomic mass is 9.87. The molecule has 1 nitrogen and oxygen atoms in total. The van der Waals surface area contributed by atoms with E-state index < -0.39 is 0 Å². The smallest absolute Gasteiger partial charge is 0.0295 e. The van der Waals surface area contributed by atoms with Crippen LogP contribution in [0.25, 0.3) is 0 Å². The van der Waals surface area contributed by atoms with Crippen molar-refractivity contribution in [3.8, 4) is 0 Å². The molecular weight excluding hydrogens is 182 g/mol. The zero-order chi connectivity index (χ0) is 11.5. The minimum absolute atomic E-state index is 0.185. The van der Waals surface area contributed by atoms with Gasteiger partial charge in [0, 0.05) is 6.04 Å². The topological polar surface area (TPSA) is 26.0 Å². The van der Waals surface area contributed by atoms with Gasteiger partial charge in [0.25, 0.3) is 0 Å². The van der Waals surface area contributed by atoms with Gasteiger partial charge in [0.1, 0.15) is 0 Å². The lowest BCUT2D eigenvalue weighted by Gasteiger charge is -2.21. The van der Waals surface area contributed by atoms with Crippen molar-refractivity contribution in [2.45, 2.75) is 46.6 Å². The monoisotopic (exact) mass is 205 g/mol. The Bertz CT molecular complexity index is 292. The summed E-state index contributed by atoms with van der Waals surface area (Å²) < 4.78 is 0. The first kappa shape index (κ1) is 12.3. The van der Waals surface area contributed by atoms with Gasteiger partial charge in [0.05, 0.1) is 0 Å². The highest BCUT2D eigenvalue weighted by atomic mass is 14.6. The second kappa shape index (κ2) is 4.80. The first-order chi connectivity index (χ1) is 6.88. The summed E-state index contributed by atoms with van der Waals surface area (Å²) in [4.78, 5) is 0. The Morgan fingerprint density at radius 3 is 2.13 bits per heavy atom. The largest absolute Gasteiger partial charge is 0.324 e. The Labute approximate surface area is 93.7 Å². The number of aryl methyl sites for hydroxylation is 1. The molecule has 1 aromatic rings. The van der Waals surface area contributed by atoms with E-state index in [-0.39, 0.29) is 6.04 Å². The van der Waals surface area contributed by atoms with Gasteiger partial charge in [-0.15, -0.1) is 0 Å². The van der Waals surface area contributed by atoms with E-state index in [2.05, 4.69) is 52.0 Å². The van der Waals surface area contributed by atoms with Gasteiger partial charge < -0.3 is 5.73 Å². The molecule has 0 radical (unpaired) electrons. The molecule has 0 aliphatic heterocycles. The zero-order valence-electron chi connectivity index (χ0n) is 10.4. The number of rotatable bonds is 3. The molecule has 0 fully saturated rings. The molecule has 0 amide bonds. The van der Waals surface area contributed by atoms with Crippen LogP contribution in [0.3, 0.4) is 0 Å². The zero-order valence-corrected chi connectivity index (χ0v) is 10.4. The van der Waals surface area contributed by atoms with Gasteiger partial charge in [-0.05, 0) is 30.7 Å². The number of hydrogen-bond donors (Lipinski definition) is 1. The summed E-state index contributed by atoms with van der Waals surface area (Å²) in [5.74, 6) is 0. The van der Waals surface area contributed by atoms with Crippen LogP contribution in [-0.2, 0) is 0 Å². The van der Waals surface area contributed by atoms with E-state index >= 15 is 0 Å². The van der Waals surface area contributed by atoms with E-state index in [1.165, 1.54) is 17.5 Å². The minimum atomic E-state index is 0.185. The molecule has 1 unspecified atom stereocenters.